The largest absolute Gasteiger partial charge is 0.312 e. The summed E-state index contributed by atoms with van der Waals surface area (Å²) in [6.45, 7) is 8.61. The fourth-order valence-electron chi connectivity index (χ4n) is 2.78. The SMILES string of the molecule is CCCNCc1cc2c(n(CC)c1=O)CCN(C)C2. The van der Waals surface area contributed by atoms with E-state index in [0.717, 1.165) is 44.6 Å². The normalized spacial score (nSPS) is 15.5. The molecule has 0 fully saturated rings. The van der Waals surface area contributed by atoms with Crippen LogP contribution in [0.4, 0.5) is 0 Å². The standard InChI is InChI=1S/C15H25N3O/c1-4-7-16-10-12-9-13-11-17(3)8-6-14(13)18(5-2)15(12)19/h9,16H,4-8,10-11H2,1-3H3. The van der Waals surface area contributed by atoms with Crippen LogP contribution in [0.2, 0.25) is 0 Å². The second-order valence-electron chi connectivity index (χ2n) is 5.36. The van der Waals surface area contributed by atoms with Gasteiger partial charge in [0, 0.05) is 43.9 Å². The van der Waals surface area contributed by atoms with Crippen molar-refractivity contribution in [3.8, 4) is 0 Å². The van der Waals surface area contributed by atoms with Gasteiger partial charge in [0.1, 0.15) is 0 Å². The van der Waals surface area contributed by atoms with E-state index in [1.54, 1.807) is 0 Å². The van der Waals surface area contributed by atoms with Gasteiger partial charge in [-0.15, -0.1) is 0 Å². The molecule has 1 aromatic heterocycles. The minimum Gasteiger partial charge on any atom is -0.312 e. The number of rotatable bonds is 5. The summed E-state index contributed by atoms with van der Waals surface area (Å²) in [6, 6.07) is 2.11. The van der Waals surface area contributed by atoms with Gasteiger partial charge in [0.2, 0.25) is 0 Å². The van der Waals surface area contributed by atoms with Crippen molar-refractivity contribution in [2.75, 3.05) is 20.1 Å². The summed E-state index contributed by atoms with van der Waals surface area (Å²) < 4.78 is 1.96. The molecule has 0 atom stereocenters. The van der Waals surface area contributed by atoms with Crippen LogP contribution >= 0.6 is 0 Å². The number of aromatic nitrogens is 1. The zero-order valence-corrected chi connectivity index (χ0v) is 12.3. The van der Waals surface area contributed by atoms with Crippen LogP contribution in [0, 0.1) is 0 Å². The molecule has 0 saturated heterocycles. The van der Waals surface area contributed by atoms with Crippen molar-refractivity contribution in [2.24, 2.45) is 0 Å². The van der Waals surface area contributed by atoms with Crippen molar-refractivity contribution >= 4 is 0 Å². The molecule has 0 amide bonds. The third-order valence-corrected chi connectivity index (χ3v) is 3.79. The first-order valence-corrected chi connectivity index (χ1v) is 7.31. The van der Waals surface area contributed by atoms with Crippen molar-refractivity contribution in [1.82, 2.24) is 14.8 Å². The topological polar surface area (TPSA) is 37.3 Å². The number of hydrogen-bond acceptors (Lipinski definition) is 3. The molecule has 4 nitrogen and oxygen atoms in total. The van der Waals surface area contributed by atoms with E-state index in [2.05, 4.69) is 37.2 Å². The van der Waals surface area contributed by atoms with Crippen molar-refractivity contribution in [3.63, 3.8) is 0 Å². The van der Waals surface area contributed by atoms with E-state index in [4.69, 9.17) is 0 Å². The maximum atomic E-state index is 12.5. The summed E-state index contributed by atoms with van der Waals surface area (Å²) in [4.78, 5) is 14.8. The van der Waals surface area contributed by atoms with Crippen LogP contribution in [0.3, 0.4) is 0 Å². The Morgan fingerprint density at radius 2 is 2.16 bits per heavy atom. The van der Waals surface area contributed by atoms with Gasteiger partial charge >= 0.3 is 0 Å². The molecule has 106 valence electrons. The quantitative estimate of drug-likeness (QED) is 0.815. The maximum Gasteiger partial charge on any atom is 0.255 e. The highest BCUT2D eigenvalue weighted by atomic mass is 16.1. The van der Waals surface area contributed by atoms with Crippen molar-refractivity contribution < 1.29 is 0 Å². The first kappa shape index (κ1) is 14.3. The predicted octanol–water partition coefficient (Wildman–Crippen LogP) is 1.36. The summed E-state index contributed by atoms with van der Waals surface area (Å²) in [7, 11) is 2.14. The number of pyridine rings is 1. The lowest BCUT2D eigenvalue weighted by atomic mass is 10.0. The van der Waals surface area contributed by atoms with E-state index >= 15 is 0 Å². The molecule has 0 aromatic carbocycles. The van der Waals surface area contributed by atoms with E-state index in [1.165, 1.54) is 11.3 Å². The number of likely N-dealkylation sites (N-methyl/N-ethyl adjacent to an activating group) is 1. The van der Waals surface area contributed by atoms with Crippen molar-refractivity contribution in [1.29, 1.82) is 0 Å². The Morgan fingerprint density at radius 3 is 2.84 bits per heavy atom. The lowest BCUT2D eigenvalue weighted by Crippen LogP contribution is -2.36. The smallest absolute Gasteiger partial charge is 0.255 e. The molecule has 0 saturated carbocycles. The summed E-state index contributed by atoms with van der Waals surface area (Å²) >= 11 is 0. The van der Waals surface area contributed by atoms with Gasteiger partial charge < -0.3 is 14.8 Å². The first-order chi connectivity index (χ1) is 9.17. The van der Waals surface area contributed by atoms with E-state index in [9.17, 15) is 4.79 Å². The van der Waals surface area contributed by atoms with Gasteiger partial charge in [0.25, 0.3) is 5.56 Å². The molecule has 0 unspecified atom stereocenters. The van der Waals surface area contributed by atoms with Gasteiger partial charge in [0.15, 0.2) is 0 Å². The number of nitrogens with zero attached hydrogens (tertiary/aromatic N) is 2. The highest BCUT2D eigenvalue weighted by molar-refractivity contribution is 5.29. The Kier molecular flexibility index (Phi) is 4.77. The van der Waals surface area contributed by atoms with Crippen LogP contribution in [0.5, 0.6) is 0 Å². The van der Waals surface area contributed by atoms with Crippen LogP contribution in [0.15, 0.2) is 10.9 Å². The summed E-state index contributed by atoms with van der Waals surface area (Å²) in [5.41, 5.74) is 3.66. The fourth-order valence-corrected chi connectivity index (χ4v) is 2.78. The zero-order valence-electron chi connectivity index (χ0n) is 12.3. The lowest BCUT2D eigenvalue weighted by Gasteiger charge is -2.28. The third kappa shape index (κ3) is 3.07. The van der Waals surface area contributed by atoms with Crippen LogP contribution in [-0.4, -0.2) is 29.6 Å². The predicted molar refractivity (Wildman–Crippen MR) is 78.4 cm³/mol. The Balaban J connectivity index is 2.34. The van der Waals surface area contributed by atoms with Gasteiger partial charge in [-0.1, -0.05) is 6.92 Å². The second kappa shape index (κ2) is 6.35. The van der Waals surface area contributed by atoms with E-state index in [1.807, 2.05) is 4.57 Å². The monoisotopic (exact) mass is 263 g/mol. The lowest BCUT2D eigenvalue weighted by molar-refractivity contribution is 0.304. The summed E-state index contributed by atoms with van der Waals surface area (Å²) in [6.07, 6.45) is 2.08. The molecular formula is C15H25N3O. The Hall–Kier alpha value is -1.13. The number of nitrogens with one attached hydrogen (secondary N) is 1. The molecule has 0 aliphatic carbocycles. The molecule has 1 aliphatic heterocycles. The summed E-state index contributed by atoms with van der Waals surface area (Å²) in [5.74, 6) is 0. The molecule has 19 heavy (non-hydrogen) atoms. The minimum absolute atomic E-state index is 0.189. The zero-order chi connectivity index (χ0) is 13.8. The van der Waals surface area contributed by atoms with Crippen LogP contribution in [-0.2, 0) is 26.1 Å². The molecule has 2 heterocycles. The molecule has 2 rings (SSSR count). The fraction of sp³-hybridized carbons (Fsp3) is 0.667. The van der Waals surface area contributed by atoms with E-state index in [-0.39, 0.29) is 5.56 Å². The van der Waals surface area contributed by atoms with E-state index < -0.39 is 0 Å². The maximum absolute atomic E-state index is 12.5. The van der Waals surface area contributed by atoms with Gasteiger partial charge in [-0.3, -0.25) is 4.79 Å². The van der Waals surface area contributed by atoms with Crippen LogP contribution in [0.25, 0.3) is 0 Å². The van der Waals surface area contributed by atoms with E-state index in [0.29, 0.717) is 6.54 Å². The van der Waals surface area contributed by atoms with Crippen molar-refractivity contribution in [3.05, 3.63) is 33.2 Å². The molecule has 0 bridgehead atoms. The number of hydrogen-bond donors (Lipinski definition) is 1. The third-order valence-electron chi connectivity index (χ3n) is 3.79. The second-order valence-corrected chi connectivity index (χ2v) is 5.36. The average Bonchev–Trinajstić information content (AvgIpc) is 2.40. The van der Waals surface area contributed by atoms with Gasteiger partial charge in [-0.05, 0) is 38.6 Å². The Labute approximate surface area is 115 Å². The van der Waals surface area contributed by atoms with Crippen LogP contribution < -0.4 is 10.9 Å². The molecule has 0 spiro atoms. The Bertz CT molecular complexity index is 493. The molecule has 1 aromatic rings. The molecule has 1 aliphatic rings. The van der Waals surface area contributed by atoms with Gasteiger partial charge in [-0.2, -0.15) is 0 Å². The Morgan fingerprint density at radius 1 is 1.37 bits per heavy atom. The molecular weight excluding hydrogens is 238 g/mol. The van der Waals surface area contributed by atoms with Crippen LogP contribution in [0.1, 0.15) is 37.1 Å². The molecule has 4 heteroatoms. The highest BCUT2D eigenvalue weighted by Crippen LogP contribution is 2.17. The highest BCUT2D eigenvalue weighted by Gasteiger charge is 2.19. The van der Waals surface area contributed by atoms with Gasteiger partial charge in [0.05, 0.1) is 0 Å². The molecule has 1 N–H and O–H groups in total. The molecule has 0 radical (unpaired) electrons. The summed E-state index contributed by atoms with van der Waals surface area (Å²) in [5, 5.41) is 3.33. The van der Waals surface area contributed by atoms with Gasteiger partial charge in [-0.25, -0.2) is 0 Å². The minimum atomic E-state index is 0.189. The average molecular weight is 263 g/mol. The van der Waals surface area contributed by atoms with Crippen molar-refractivity contribution in [2.45, 2.75) is 46.3 Å². The number of fused-ring (bicyclic) bond motifs is 1. The first-order valence-electron chi connectivity index (χ1n) is 7.31.